The van der Waals surface area contributed by atoms with Crippen LogP contribution in [0.25, 0.3) is 11.0 Å². The zero-order valence-electron chi connectivity index (χ0n) is 12.6. The van der Waals surface area contributed by atoms with E-state index in [-0.39, 0.29) is 17.4 Å². The van der Waals surface area contributed by atoms with Gasteiger partial charge in [-0.25, -0.2) is 9.97 Å². The Morgan fingerprint density at radius 3 is 3.18 bits per heavy atom. The molecule has 1 amide bonds. The van der Waals surface area contributed by atoms with Gasteiger partial charge in [-0.1, -0.05) is 6.92 Å². The number of aromatic nitrogens is 3. The minimum absolute atomic E-state index is 0.0289. The molecule has 0 radical (unpaired) electrons. The first kappa shape index (κ1) is 13.7. The summed E-state index contributed by atoms with van der Waals surface area (Å²) in [6.45, 7) is 3.64. The molecule has 0 aromatic carbocycles. The first-order valence-electron chi connectivity index (χ1n) is 7.85. The van der Waals surface area contributed by atoms with Crippen molar-refractivity contribution in [2.45, 2.75) is 32.3 Å². The Morgan fingerprint density at radius 1 is 1.50 bits per heavy atom. The SMILES string of the molecule is CC1(CNC(=O)c2ncnc3[nH]ccc23)CCOC1C1CC1. The van der Waals surface area contributed by atoms with Gasteiger partial charge in [-0.2, -0.15) is 0 Å². The second-order valence-corrected chi connectivity index (χ2v) is 6.68. The molecule has 3 heterocycles. The second kappa shape index (κ2) is 5.05. The van der Waals surface area contributed by atoms with Crippen LogP contribution in [0.4, 0.5) is 0 Å². The summed E-state index contributed by atoms with van der Waals surface area (Å²) in [5, 5.41) is 3.81. The molecule has 116 valence electrons. The van der Waals surface area contributed by atoms with Gasteiger partial charge in [0.05, 0.1) is 11.5 Å². The number of aromatic amines is 1. The summed E-state index contributed by atoms with van der Waals surface area (Å²) in [6, 6.07) is 1.83. The molecule has 1 saturated heterocycles. The molecule has 2 fully saturated rings. The molecule has 1 aliphatic heterocycles. The summed E-state index contributed by atoms with van der Waals surface area (Å²) in [5.74, 6) is 0.537. The number of amides is 1. The molecular formula is C16H20N4O2. The quantitative estimate of drug-likeness (QED) is 0.903. The number of nitrogens with one attached hydrogen (secondary N) is 2. The monoisotopic (exact) mass is 300 g/mol. The molecule has 22 heavy (non-hydrogen) atoms. The number of ether oxygens (including phenoxy) is 1. The lowest BCUT2D eigenvalue weighted by molar-refractivity contribution is 0.0382. The summed E-state index contributed by atoms with van der Waals surface area (Å²) < 4.78 is 5.91. The van der Waals surface area contributed by atoms with Crippen molar-refractivity contribution in [3.63, 3.8) is 0 Å². The highest BCUT2D eigenvalue weighted by molar-refractivity contribution is 6.03. The molecule has 2 atom stereocenters. The van der Waals surface area contributed by atoms with E-state index in [1.165, 1.54) is 19.2 Å². The average Bonchev–Trinajstić information content (AvgIpc) is 3.10. The number of fused-ring (bicyclic) bond motifs is 1. The predicted molar refractivity (Wildman–Crippen MR) is 81.4 cm³/mol. The van der Waals surface area contributed by atoms with E-state index in [4.69, 9.17) is 4.74 Å². The Balaban J connectivity index is 1.49. The van der Waals surface area contributed by atoms with Crippen LogP contribution in [0.3, 0.4) is 0 Å². The molecule has 2 aromatic heterocycles. The second-order valence-electron chi connectivity index (χ2n) is 6.68. The Hall–Kier alpha value is -1.95. The van der Waals surface area contributed by atoms with Crippen molar-refractivity contribution in [2.24, 2.45) is 11.3 Å². The van der Waals surface area contributed by atoms with Gasteiger partial charge in [-0.05, 0) is 31.2 Å². The minimum Gasteiger partial charge on any atom is -0.377 e. The van der Waals surface area contributed by atoms with Gasteiger partial charge in [0.1, 0.15) is 17.7 Å². The van der Waals surface area contributed by atoms with E-state index in [9.17, 15) is 4.79 Å². The largest absolute Gasteiger partial charge is 0.377 e. The van der Waals surface area contributed by atoms with Crippen LogP contribution in [0.5, 0.6) is 0 Å². The van der Waals surface area contributed by atoms with Crippen molar-refractivity contribution in [3.8, 4) is 0 Å². The van der Waals surface area contributed by atoms with Crippen molar-refractivity contribution in [1.29, 1.82) is 0 Å². The Morgan fingerprint density at radius 2 is 2.36 bits per heavy atom. The number of rotatable bonds is 4. The van der Waals surface area contributed by atoms with Gasteiger partial charge in [-0.15, -0.1) is 0 Å². The van der Waals surface area contributed by atoms with Crippen LogP contribution < -0.4 is 5.32 Å². The number of hydrogen-bond donors (Lipinski definition) is 2. The standard InChI is InChI=1S/C16H20N4O2/c1-16(5-7-22-13(16)10-2-3-10)8-18-15(21)12-11-4-6-17-14(11)20-9-19-12/h4,6,9-10,13H,2-3,5,7-8H2,1H3,(H,18,21)(H,17,19,20). The molecule has 0 spiro atoms. The predicted octanol–water partition coefficient (Wildman–Crippen LogP) is 1.89. The molecule has 0 bridgehead atoms. The summed E-state index contributed by atoms with van der Waals surface area (Å²) in [5.41, 5.74) is 1.14. The van der Waals surface area contributed by atoms with Crippen molar-refractivity contribution < 1.29 is 9.53 Å². The fourth-order valence-electron chi connectivity index (χ4n) is 3.47. The molecule has 1 aliphatic carbocycles. The third kappa shape index (κ3) is 2.27. The highest BCUT2D eigenvalue weighted by Gasteiger charge is 2.48. The number of nitrogens with zero attached hydrogens (tertiary/aromatic N) is 2. The fourth-order valence-corrected chi connectivity index (χ4v) is 3.47. The van der Waals surface area contributed by atoms with Gasteiger partial charge in [0.25, 0.3) is 5.91 Å². The summed E-state index contributed by atoms with van der Waals surface area (Å²) in [7, 11) is 0. The van der Waals surface area contributed by atoms with Crippen LogP contribution in [-0.4, -0.2) is 40.1 Å². The van der Waals surface area contributed by atoms with E-state index in [1.807, 2.05) is 6.07 Å². The minimum atomic E-state index is -0.144. The van der Waals surface area contributed by atoms with Crippen LogP contribution in [0.2, 0.25) is 0 Å². The maximum atomic E-state index is 12.5. The van der Waals surface area contributed by atoms with Gasteiger partial charge in [0, 0.05) is 24.8 Å². The highest BCUT2D eigenvalue weighted by Crippen LogP contribution is 2.47. The topological polar surface area (TPSA) is 79.9 Å². The Kier molecular flexibility index (Phi) is 3.14. The molecule has 6 nitrogen and oxygen atoms in total. The van der Waals surface area contributed by atoms with E-state index in [0.717, 1.165) is 18.4 Å². The lowest BCUT2D eigenvalue weighted by Gasteiger charge is -2.30. The van der Waals surface area contributed by atoms with Crippen molar-refractivity contribution in [3.05, 3.63) is 24.3 Å². The van der Waals surface area contributed by atoms with Crippen LogP contribution in [0.1, 0.15) is 36.7 Å². The average molecular weight is 300 g/mol. The maximum Gasteiger partial charge on any atom is 0.270 e. The molecule has 2 aliphatic rings. The van der Waals surface area contributed by atoms with Crippen LogP contribution in [-0.2, 0) is 4.74 Å². The summed E-state index contributed by atoms with van der Waals surface area (Å²) in [4.78, 5) is 23.7. The molecular weight excluding hydrogens is 280 g/mol. The molecule has 4 rings (SSSR count). The molecule has 2 N–H and O–H groups in total. The smallest absolute Gasteiger partial charge is 0.270 e. The van der Waals surface area contributed by atoms with Gasteiger partial charge < -0.3 is 15.0 Å². The fraction of sp³-hybridized carbons (Fsp3) is 0.562. The normalized spacial score (nSPS) is 28.1. The van der Waals surface area contributed by atoms with Crippen LogP contribution in [0.15, 0.2) is 18.6 Å². The zero-order valence-corrected chi connectivity index (χ0v) is 12.6. The van der Waals surface area contributed by atoms with Crippen LogP contribution in [0, 0.1) is 11.3 Å². The van der Waals surface area contributed by atoms with E-state index < -0.39 is 0 Å². The van der Waals surface area contributed by atoms with E-state index in [1.54, 1.807) is 6.20 Å². The van der Waals surface area contributed by atoms with Crippen molar-refractivity contribution >= 4 is 16.9 Å². The van der Waals surface area contributed by atoms with E-state index >= 15 is 0 Å². The first-order valence-corrected chi connectivity index (χ1v) is 7.85. The lowest BCUT2D eigenvalue weighted by atomic mass is 9.81. The van der Waals surface area contributed by atoms with Gasteiger partial charge >= 0.3 is 0 Å². The lowest BCUT2D eigenvalue weighted by Crippen LogP contribution is -2.41. The first-order chi connectivity index (χ1) is 10.7. The summed E-state index contributed by atoms with van der Waals surface area (Å²) >= 11 is 0. The van der Waals surface area contributed by atoms with Gasteiger partial charge in [0.15, 0.2) is 0 Å². The number of hydrogen-bond acceptors (Lipinski definition) is 4. The maximum absolute atomic E-state index is 12.5. The molecule has 1 saturated carbocycles. The summed E-state index contributed by atoms with van der Waals surface area (Å²) in [6.07, 6.45) is 6.98. The molecule has 2 unspecified atom stereocenters. The van der Waals surface area contributed by atoms with Gasteiger partial charge in [0.2, 0.25) is 0 Å². The zero-order chi connectivity index (χ0) is 15.2. The Bertz CT molecular complexity index is 709. The van der Waals surface area contributed by atoms with Crippen LogP contribution >= 0.6 is 0 Å². The van der Waals surface area contributed by atoms with E-state index in [2.05, 4.69) is 27.2 Å². The Labute approximate surface area is 128 Å². The number of H-pyrrole nitrogens is 1. The third-order valence-electron chi connectivity index (χ3n) is 4.93. The number of carbonyl (C=O) groups is 1. The third-order valence-corrected chi connectivity index (χ3v) is 4.93. The number of carbonyl (C=O) groups excluding carboxylic acids is 1. The van der Waals surface area contributed by atoms with Gasteiger partial charge in [-0.3, -0.25) is 4.79 Å². The van der Waals surface area contributed by atoms with Crippen molar-refractivity contribution in [2.75, 3.05) is 13.2 Å². The van der Waals surface area contributed by atoms with Crippen molar-refractivity contribution in [1.82, 2.24) is 20.3 Å². The molecule has 6 heteroatoms. The van der Waals surface area contributed by atoms with E-state index in [0.29, 0.717) is 23.8 Å². The highest BCUT2D eigenvalue weighted by atomic mass is 16.5. The molecule has 2 aromatic rings.